The lowest BCUT2D eigenvalue weighted by molar-refractivity contribution is 0.0995. The predicted molar refractivity (Wildman–Crippen MR) is 73.4 cm³/mol. The van der Waals surface area contributed by atoms with Gasteiger partial charge < -0.3 is 9.73 Å². The highest BCUT2D eigenvalue weighted by Crippen LogP contribution is 2.20. The van der Waals surface area contributed by atoms with Gasteiger partial charge in [0.15, 0.2) is 10.4 Å². The van der Waals surface area contributed by atoms with E-state index in [4.69, 9.17) is 4.42 Å². The summed E-state index contributed by atoms with van der Waals surface area (Å²) in [5, 5.41) is 3.49. The number of halogens is 2. The van der Waals surface area contributed by atoms with Crippen LogP contribution in [0.2, 0.25) is 0 Å². The standard InChI is InChI=1S/C12H9Br2NO2/c13-7-8-3-1-2-4-9(8)15-12(16)10-5-6-11(14)17-10/h1-6H,7H2,(H,15,16). The first-order valence-corrected chi connectivity index (χ1v) is 6.82. The first kappa shape index (κ1) is 12.4. The predicted octanol–water partition coefficient (Wildman–Crippen LogP) is 4.19. The third-order valence-electron chi connectivity index (χ3n) is 2.21. The Morgan fingerprint density at radius 2 is 2.00 bits per heavy atom. The number of amides is 1. The molecule has 1 heterocycles. The number of furan rings is 1. The quantitative estimate of drug-likeness (QED) is 0.836. The molecule has 17 heavy (non-hydrogen) atoms. The van der Waals surface area contributed by atoms with Gasteiger partial charge in [0.2, 0.25) is 0 Å². The monoisotopic (exact) mass is 357 g/mol. The summed E-state index contributed by atoms with van der Waals surface area (Å²) >= 11 is 6.54. The van der Waals surface area contributed by atoms with Gasteiger partial charge in [0.25, 0.3) is 5.91 Å². The van der Waals surface area contributed by atoms with Crippen molar-refractivity contribution in [3.05, 3.63) is 52.4 Å². The van der Waals surface area contributed by atoms with Crippen molar-refractivity contribution in [2.75, 3.05) is 5.32 Å². The van der Waals surface area contributed by atoms with Gasteiger partial charge in [-0.2, -0.15) is 0 Å². The van der Waals surface area contributed by atoms with Crippen LogP contribution < -0.4 is 5.32 Å². The van der Waals surface area contributed by atoms with Crippen LogP contribution in [-0.2, 0) is 5.33 Å². The Morgan fingerprint density at radius 3 is 2.65 bits per heavy atom. The topological polar surface area (TPSA) is 42.2 Å². The number of hydrogen-bond donors (Lipinski definition) is 1. The van der Waals surface area contributed by atoms with Crippen LogP contribution in [0.5, 0.6) is 0 Å². The van der Waals surface area contributed by atoms with Crippen molar-refractivity contribution in [2.45, 2.75) is 5.33 Å². The summed E-state index contributed by atoms with van der Waals surface area (Å²) in [7, 11) is 0. The molecule has 0 atom stereocenters. The van der Waals surface area contributed by atoms with E-state index in [9.17, 15) is 4.79 Å². The lowest BCUT2D eigenvalue weighted by Crippen LogP contribution is -2.12. The van der Waals surface area contributed by atoms with Crippen molar-refractivity contribution in [3.8, 4) is 0 Å². The molecule has 0 aliphatic heterocycles. The molecule has 0 saturated carbocycles. The average molecular weight is 359 g/mol. The fourth-order valence-corrected chi connectivity index (χ4v) is 2.17. The second-order valence-electron chi connectivity index (χ2n) is 3.35. The second-order valence-corrected chi connectivity index (χ2v) is 4.69. The Hall–Kier alpha value is -1.07. The molecule has 0 aliphatic carbocycles. The first-order chi connectivity index (χ1) is 8.20. The van der Waals surface area contributed by atoms with Crippen LogP contribution in [-0.4, -0.2) is 5.91 Å². The zero-order chi connectivity index (χ0) is 12.3. The molecular formula is C12H9Br2NO2. The summed E-state index contributed by atoms with van der Waals surface area (Å²) in [5.41, 5.74) is 1.80. The molecule has 3 nitrogen and oxygen atoms in total. The van der Waals surface area contributed by atoms with Crippen LogP contribution in [0.4, 0.5) is 5.69 Å². The SMILES string of the molecule is O=C(Nc1ccccc1CBr)c1ccc(Br)o1. The molecule has 0 radical (unpaired) electrons. The van der Waals surface area contributed by atoms with Crippen molar-refractivity contribution >= 4 is 43.5 Å². The highest BCUT2D eigenvalue weighted by molar-refractivity contribution is 9.10. The number of para-hydroxylation sites is 1. The summed E-state index contributed by atoms with van der Waals surface area (Å²) in [5.74, 6) is 0.0188. The third kappa shape index (κ3) is 2.98. The normalized spacial score (nSPS) is 10.2. The molecule has 5 heteroatoms. The molecule has 0 unspecified atom stereocenters. The fourth-order valence-electron chi connectivity index (χ4n) is 1.38. The van der Waals surface area contributed by atoms with E-state index < -0.39 is 0 Å². The van der Waals surface area contributed by atoms with E-state index in [-0.39, 0.29) is 11.7 Å². The molecule has 2 rings (SSSR count). The molecule has 0 fully saturated rings. The Morgan fingerprint density at radius 1 is 1.24 bits per heavy atom. The van der Waals surface area contributed by atoms with Crippen molar-refractivity contribution in [1.82, 2.24) is 0 Å². The van der Waals surface area contributed by atoms with Gasteiger partial charge >= 0.3 is 0 Å². The molecule has 88 valence electrons. The number of anilines is 1. The summed E-state index contributed by atoms with van der Waals surface area (Å²) in [6, 6.07) is 10.9. The summed E-state index contributed by atoms with van der Waals surface area (Å²) in [4.78, 5) is 11.9. The Labute approximate surface area is 115 Å². The first-order valence-electron chi connectivity index (χ1n) is 4.91. The van der Waals surface area contributed by atoms with Crippen LogP contribution in [0, 0.1) is 0 Å². The van der Waals surface area contributed by atoms with E-state index in [2.05, 4.69) is 37.2 Å². The van der Waals surface area contributed by atoms with Crippen LogP contribution in [0.3, 0.4) is 0 Å². The largest absolute Gasteiger partial charge is 0.444 e. The number of carbonyl (C=O) groups is 1. The molecule has 0 aliphatic rings. The van der Waals surface area contributed by atoms with E-state index in [1.165, 1.54) is 0 Å². The van der Waals surface area contributed by atoms with Crippen molar-refractivity contribution < 1.29 is 9.21 Å². The second kappa shape index (κ2) is 5.51. The highest BCUT2D eigenvalue weighted by Gasteiger charge is 2.11. The number of alkyl halides is 1. The maximum Gasteiger partial charge on any atom is 0.291 e. The minimum atomic E-state index is -0.260. The Kier molecular flexibility index (Phi) is 4.02. The van der Waals surface area contributed by atoms with Gasteiger partial charge in [0, 0.05) is 11.0 Å². The maximum absolute atomic E-state index is 11.9. The maximum atomic E-state index is 11.9. The number of nitrogens with one attached hydrogen (secondary N) is 1. The lowest BCUT2D eigenvalue weighted by atomic mass is 10.2. The number of hydrogen-bond acceptors (Lipinski definition) is 2. The fraction of sp³-hybridized carbons (Fsp3) is 0.0833. The van der Waals surface area contributed by atoms with Gasteiger partial charge in [0.1, 0.15) is 0 Å². The number of benzene rings is 1. The molecule has 1 amide bonds. The van der Waals surface area contributed by atoms with Gasteiger partial charge in [-0.25, -0.2) is 0 Å². The van der Waals surface area contributed by atoms with Crippen molar-refractivity contribution in [1.29, 1.82) is 0 Å². The van der Waals surface area contributed by atoms with Crippen LogP contribution in [0.25, 0.3) is 0 Å². The van der Waals surface area contributed by atoms with E-state index in [0.29, 0.717) is 10.00 Å². The zero-order valence-electron chi connectivity index (χ0n) is 8.74. The third-order valence-corrected chi connectivity index (χ3v) is 3.24. The molecule has 1 aromatic heterocycles. The number of rotatable bonds is 3. The van der Waals surface area contributed by atoms with Gasteiger partial charge in [-0.05, 0) is 39.7 Å². The summed E-state index contributed by atoms with van der Waals surface area (Å²) < 4.78 is 5.72. The average Bonchev–Trinajstić information content (AvgIpc) is 2.77. The minimum Gasteiger partial charge on any atom is -0.444 e. The van der Waals surface area contributed by atoms with Gasteiger partial charge in [-0.1, -0.05) is 34.1 Å². The van der Waals surface area contributed by atoms with Crippen LogP contribution in [0.15, 0.2) is 45.5 Å². The molecule has 0 saturated heterocycles. The Balaban J connectivity index is 2.18. The highest BCUT2D eigenvalue weighted by atomic mass is 79.9. The molecule has 2 aromatic rings. The summed E-state index contributed by atoms with van der Waals surface area (Å²) in [6.45, 7) is 0. The van der Waals surface area contributed by atoms with Gasteiger partial charge in [-0.15, -0.1) is 0 Å². The van der Waals surface area contributed by atoms with Gasteiger partial charge in [-0.3, -0.25) is 4.79 Å². The van der Waals surface area contributed by atoms with E-state index in [0.717, 1.165) is 11.3 Å². The van der Waals surface area contributed by atoms with E-state index in [1.54, 1.807) is 12.1 Å². The smallest absolute Gasteiger partial charge is 0.291 e. The zero-order valence-corrected chi connectivity index (χ0v) is 11.9. The van der Waals surface area contributed by atoms with Crippen molar-refractivity contribution in [3.63, 3.8) is 0 Å². The minimum absolute atomic E-state index is 0.260. The number of carbonyl (C=O) groups excluding carboxylic acids is 1. The Bertz CT molecular complexity index is 537. The summed E-state index contributed by atoms with van der Waals surface area (Å²) in [6.07, 6.45) is 0. The molecular weight excluding hydrogens is 350 g/mol. The molecule has 1 aromatic carbocycles. The lowest BCUT2D eigenvalue weighted by Gasteiger charge is -2.07. The van der Waals surface area contributed by atoms with Crippen LogP contribution >= 0.6 is 31.9 Å². The van der Waals surface area contributed by atoms with E-state index in [1.807, 2.05) is 24.3 Å². The van der Waals surface area contributed by atoms with E-state index >= 15 is 0 Å². The van der Waals surface area contributed by atoms with Gasteiger partial charge in [0.05, 0.1) is 0 Å². The molecule has 1 N–H and O–H groups in total. The molecule has 0 spiro atoms. The van der Waals surface area contributed by atoms with Crippen LogP contribution in [0.1, 0.15) is 16.1 Å². The molecule has 0 bridgehead atoms. The van der Waals surface area contributed by atoms with Crippen molar-refractivity contribution in [2.24, 2.45) is 0 Å².